The number of carbonyl (C=O) groups excluding carboxylic acids is 1. The molecule has 2 aromatic heterocycles. The number of nitrogens with zero attached hydrogens (tertiary/aromatic N) is 6. The molecule has 166 valence electrons. The van der Waals surface area contributed by atoms with Gasteiger partial charge in [0.1, 0.15) is 12.7 Å². The molecule has 8 heteroatoms. The third-order valence-corrected chi connectivity index (χ3v) is 7.02. The first-order chi connectivity index (χ1) is 16.1. The molecule has 6 rings (SSSR count). The fourth-order valence-corrected chi connectivity index (χ4v) is 5.61. The molecule has 1 amide bonds. The summed E-state index contributed by atoms with van der Waals surface area (Å²) < 4.78 is 3.62. The van der Waals surface area contributed by atoms with E-state index in [1.54, 1.807) is 11.0 Å². The molecule has 7 nitrogen and oxygen atoms in total. The molecule has 0 saturated carbocycles. The van der Waals surface area contributed by atoms with Gasteiger partial charge in [-0.05, 0) is 56.0 Å². The maximum Gasteiger partial charge on any atom is 0.254 e. The van der Waals surface area contributed by atoms with E-state index in [9.17, 15) is 4.79 Å². The number of fused-ring (bicyclic) bond motifs is 4. The lowest BCUT2D eigenvalue weighted by Crippen LogP contribution is -2.49. The van der Waals surface area contributed by atoms with Crippen LogP contribution in [-0.4, -0.2) is 41.4 Å². The second-order valence-electron chi connectivity index (χ2n) is 8.75. The van der Waals surface area contributed by atoms with Gasteiger partial charge in [-0.3, -0.25) is 9.48 Å². The summed E-state index contributed by atoms with van der Waals surface area (Å²) in [5.41, 5.74) is 5.91. The van der Waals surface area contributed by atoms with E-state index < -0.39 is 0 Å². The van der Waals surface area contributed by atoms with Crippen molar-refractivity contribution in [2.24, 2.45) is 7.05 Å². The molecule has 1 saturated heterocycles. The molecule has 0 radical (unpaired) electrons. The number of carbonyl (C=O) groups is 1. The number of hydrogen-bond acceptors (Lipinski definition) is 4. The molecule has 0 N–H and O–H groups in total. The largest absolute Gasteiger partial charge is 0.327 e. The Bertz CT molecular complexity index is 1340. The van der Waals surface area contributed by atoms with Gasteiger partial charge in [0.15, 0.2) is 0 Å². The van der Waals surface area contributed by atoms with E-state index >= 15 is 0 Å². The lowest BCUT2D eigenvalue weighted by atomic mass is 9.81. The summed E-state index contributed by atoms with van der Waals surface area (Å²) in [6.07, 6.45) is 6.94. The molecule has 0 spiro atoms. The van der Waals surface area contributed by atoms with Gasteiger partial charge < -0.3 is 4.90 Å². The topological polar surface area (TPSA) is 68.8 Å². The average Bonchev–Trinajstić information content (AvgIpc) is 3.46. The first-order valence-electron chi connectivity index (χ1n) is 11.2. The zero-order chi connectivity index (χ0) is 22.5. The zero-order valence-corrected chi connectivity index (χ0v) is 19.0. The van der Waals surface area contributed by atoms with Crippen LogP contribution >= 0.6 is 11.6 Å². The van der Waals surface area contributed by atoms with E-state index in [4.69, 9.17) is 16.7 Å². The van der Waals surface area contributed by atoms with E-state index in [0.29, 0.717) is 10.6 Å². The normalized spacial score (nSPS) is 19.4. The fourth-order valence-electron chi connectivity index (χ4n) is 5.42. The summed E-state index contributed by atoms with van der Waals surface area (Å²) >= 11 is 6.28. The Morgan fingerprint density at radius 3 is 2.82 bits per heavy atom. The van der Waals surface area contributed by atoms with Crippen molar-refractivity contribution >= 4 is 17.5 Å². The lowest BCUT2D eigenvalue weighted by Gasteiger charge is -2.45. The highest BCUT2D eigenvalue weighted by molar-refractivity contribution is 6.30. The number of rotatable bonds is 3. The minimum atomic E-state index is -0.0193. The SMILES string of the molecule is Cn1nc2c(c1-c1cccc(Cl)c1)CC1CCCC2N1C(=O)c1cccc(-n2cncn2)c1. The molecule has 2 aliphatic heterocycles. The summed E-state index contributed by atoms with van der Waals surface area (Å²) in [5, 5.41) is 9.82. The molecule has 2 unspecified atom stereocenters. The van der Waals surface area contributed by atoms with Gasteiger partial charge in [0.2, 0.25) is 0 Å². The second kappa shape index (κ2) is 7.85. The van der Waals surface area contributed by atoms with E-state index in [1.165, 1.54) is 11.9 Å². The van der Waals surface area contributed by atoms with Gasteiger partial charge in [0, 0.05) is 34.8 Å². The molecule has 4 heterocycles. The number of amides is 1. The van der Waals surface area contributed by atoms with Crippen LogP contribution < -0.4 is 0 Å². The Morgan fingerprint density at radius 1 is 1.12 bits per heavy atom. The van der Waals surface area contributed by atoms with Crippen LogP contribution in [0, 0.1) is 0 Å². The van der Waals surface area contributed by atoms with Crippen molar-refractivity contribution in [3.05, 3.63) is 83.0 Å². The van der Waals surface area contributed by atoms with Crippen molar-refractivity contribution in [3.8, 4) is 16.9 Å². The van der Waals surface area contributed by atoms with E-state index in [-0.39, 0.29) is 18.0 Å². The second-order valence-corrected chi connectivity index (χ2v) is 9.19. The van der Waals surface area contributed by atoms with Gasteiger partial charge in [0.25, 0.3) is 5.91 Å². The van der Waals surface area contributed by atoms with Crippen LogP contribution in [0.2, 0.25) is 5.02 Å². The van der Waals surface area contributed by atoms with Crippen molar-refractivity contribution in [2.45, 2.75) is 37.8 Å². The van der Waals surface area contributed by atoms with Crippen LogP contribution in [0.4, 0.5) is 0 Å². The van der Waals surface area contributed by atoms with E-state index in [0.717, 1.165) is 48.3 Å². The average molecular weight is 459 g/mol. The number of piperidine rings is 1. The van der Waals surface area contributed by atoms with E-state index in [1.807, 2.05) is 54.2 Å². The number of halogens is 1. The fraction of sp³-hybridized carbons (Fsp3) is 0.280. The van der Waals surface area contributed by atoms with Crippen LogP contribution in [0.1, 0.15) is 46.9 Å². The van der Waals surface area contributed by atoms with Crippen LogP contribution in [-0.2, 0) is 13.5 Å². The molecule has 2 aromatic carbocycles. The first-order valence-corrected chi connectivity index (χ1v) is 11.6. The van der Waals surface area contributed by atoms with Crippen molar-refractivity contribution < 1.29 is 4.79 Å². The quantitative estimate of drug-likeness (QED) is 0.449. The predicted octanol–water partition coefficient (Wildman–Crippen LogP) is 4.61. The summed E-state index contributed by atoms with van der Waals surface area (Å²) in [6.45, 7) is 0. The van der Waals surface area contributed by atoms with Gasteiger partial charge in [-0.2, -0.15) is 10.2 Å². The van der Waals surface area contributed by atoms with Gasteiger partial charge in [-0.25, -0.2) is 9.67 Å². The highest BCUT2D eigenvalue weighted by atomic mass is 35.5. The smallest absolute Gasteiger partial charge is 0.254 e. The maximum absolute atomic E-state index is 13.8. The standard InChI is InChI=1S/C25H23ClN6O/c1-30-24(16-5-2-7-18(26)11-16)21-13-20-9-4-10-22(23(21)29-30)32(20)25(33)17-6-3-8-19(12-17)31-15-27-14-28-31/h2-3,5-8,11-12,14-15,20,22H,4,9-10,13H2,1H3. The maximum atomic E-state index is 13.8. The molecular formula is C25H23ClN6O. The summed E-state index contributed by atoms with van der Waals surface area (Å²) in [6, 6.07) is 15.6. The van der Waals surface area contributed by atoms with Crippen molar-refractivity contribution in [2.75, 3.05) is 0 Å². The Hall–Kier alpha value is -3.45. The predicted molar refractivity (Wildman–Crippen MR) is 125 cm³/mol. The van der Waals surface area contributed by atoms with Crippen LogP contribution in [0.5, 0.6) is 0 Å². The van der Waals surface area contributed by atoms with Crippen LogP contribution in [0.15, 0.2) is 61.2 Å². The van der Waals surface area contributed by atoms with Crippen molar-refractivity contribution in [1.82, 2.24) is 29.4 Å². The molecule has 2 bridgehead atoms. The molecule has 33 heavy (non-hydrogen) atoms. The molecule has 2 atom stereocenters. The number of aromatic nitrogens is 5. The Morgan fingerprint density at radius 2 is 2.00 bits per heavy atom. The summed E-state index contributed by atoms with van der Waals surface area (Å²) in [5.74, 6) is 0.0484. The molecular weight excluding hydrogens is 436 g/mol. The highest BCUT2D eigenvalue weighted by Gasteiger charge is 2.43. The Balaban J connectivity index is 1.39. The number of benzene rings is 2. The minimum Gasteiger partial charge on any atom is -0.327 e. The molecule has 4 aromatic rings. The van der Waals surface area contributed by atoms with Gasteiger partial charge in [0.05, 0.1) is 23.1 Å². The summed E-state index contributed by atoms with van der Waals surface area (Å²) in [7, 11) is 1.98. The minimum absolute atomic E-state index is 0.0193. The van der Waals surface area contributed by atoms with Gasteiger partial charge >= 0.3 is 0 Å². The molecule has 0 aliphatic carbocycles. The number of hydrogen-bond donors (Lipinski definition) is 0. The Kier molecular flexibility index (Phi) is 4.80. The highest BCUT2D eigenvalue weighted by Crippen LogP contribution is 2.45. The summed E-state index contributed by atoms with van der Waals surface area (Å²) in [4.78, 5) is 19.9. The van der Waals surface area contributed by atoms with Gasteiger partial charge in [-0.1, -0.05) is 29.8 Å². The van der Waals surface area contributed by atoms with Crippen molar-refractivity contribution in [1.29, 1.82) is 0 Å². The monoisotopic (exact) mass is 458 g/mol. The third kappa shape index (κ3) is 3.35. The third-order valence-electron chi connectivity index (χ3n) is 6.78. The van der Waals surface area contributed by atoms with Crippen LogP contribution in [0.3, 0.4) is 0 Å². The molecule has 2 aliphatic rings. The van der Waals surface area contributed by atoms with E-state index in [2.05, 4.69) is 21.0 Å². The number of aryl methyl sites for hydroxylation is 1. The van der Waals surface area contributed by atoms with Crippen molar-refractivity contribution in [3.63, 3.8) is 0 Å². The van der Waals surface area contributed by atoms with Gasteiger partial charge in [-0.15, -0.1) is 0 Å². The van der Waals surface area contributed by atoms with Crippen LogP contribution in [0.25, 0.3) is 16.9 Å². The Labute approximate surface area is 196 Å². The lowest BCUT2D eigenvalue weighted by molar-refractivity contribution is 0.0392. The zero-order valence-electron chi connectivity index (χ0n) is 18.2. The first kappa shape index (κ1) is 20.2. The molecule has 1 fully saturated rings.